The summed E-state index contributed by atoms with van der Waals surface area (Å²) in [6, 6.07) is 18.7. The van der Waals surface area contributed by atoms with Crippen LogP contribution in [0.2, 0.25) is 0 Å². The lowest BCUT2D eigenvalue weighted by Crippen LogP contribution is -2.36. The molecule has 1 N–H and O–H groups in total. The Balaban J connectivity index is 1.42. The van der Waals surface area contributed by atoms with Gasteiger partial charge in [-0.2, -0.15) is 5.10 Å². The van der Waals surface area contributed by atoms with Gasteiger partial charge >= 0.3 is 0 Å². The summed E-state index contributed by atoms with van der Waals surface area (Å²) in [6.45, 7) is 2.96. The van der Waals surface area contributed by atoms with Crippen LogP contribution in [0, 0.1) is 10.1 Å². The molecule has 0 amide bonds. The normalized spacial score (nSPS) is 17.8. The molecule has 1 aliphatic heterocycles. The highest BCUT2D eigenvalue weighted by molar-refractivity contribution is 5.85. The predicted molar refractivity (Wildman–Crippen MR) is 134 cm³/mol. The lowest BCUT2D eigenvalue weighted by atomic mass is 10.1. The van der Waals surface area contributed by atoms with Crippen LogP contribution in [0.3, 0.4) is 0 Å². The Morgan fingerprint density at radius 1 is 1.06 bits per heavy atom. The Kier molecular flexibility index (Phi) is 6.31. The maximum absolute atomic E-state index is 11.2. The molecule has 8 heteroatoms. The molecule has 3 aromatic rings. The van der Waals surface area contributed by atoms with Gasteiger partial charge in [-0.1, -0.05) is 30.3 Å². The molecule has 8 nitrogen and oxygen atoms in total. The van der Waals surface area contributed by atoms with E-state index in [-0.39, 0.29) is 10.6 Å². The van der Waals surface area contributed by atoms with Crippen LogP contribution in [0.25, 0.3) is 17.0 Å². The lowest BCUT2D eigenvalue weighted by molar-refractivity contribution is -0.384. The van der Waals surface area contributed by atoms with E-state index in [1.165, 1.54) is 6.07 Å². The van der Waals surface area contributed by atoms with Gasteiger partial charge in [-0.15, -0.1) is 0 Å². The zero-order valence-electron chi connectivity index (χ0n) is 18.7. The SMILES string of the molecule is O=[N+]([O-])c1cccc(/C=C2\CCC(/C=N\Nc3ccc4ccccc4n3)=C2N2CCOCC2)c1. The predicted octanol–water partition coefficient (Wildman–Crippen LogP) is 5.00. The van der Waals surface area contributed by atoms with E-state index in [0.717, 1.165) is 59.2 Å². The molecule has 2 aliphatic rings. The van der Waals surface area contributed by atoms with Gasteiger partial charge in [0.05, 0.1) is 29.9 Å². The number of hydrogen-bond acceptors (Lipinski definition) is 7. The van der Waals surface area contributed by atoms with Crippen molar-refractivity contribution in [3.63, 3.8) is 0 Å². The second kappa shape index (κ2) is 9.84. The van der Waals surface area contributed by atoms with Gasteiger partial charge in [-0.25, -0.2) is 4.98 Å². The number of ether oxygens (including phenoxy) is 1. The van der Waals surface area contributed by atoms with Crippen molar-refractivity contribution in [2.45, 2.75) is 12.8 Å². The third-order valence-electron chi connectivity index (χ3n) is 6.02. The molecular weight excluding hydrogens is 430 g/mol. The minimum Gasteiger partial charge on any atom is -0.378 e. The summed E-state index contributed by atoms with van der Waals surface area (Å²) in [5, 5.41) is 16.8. The van der Waals surface area contributed by atoms with Crippen molar-refractivity contribution in [1.82, 2.24) is 9.88 Å². The maximum atomic E-state index is 11.2. The number of para-hydroxylation sites is 1. The second-order valence-corrected chi connectivity index (χ2v) is 8.25. The maximum Gasteiger partial charge on any atom is 0.270 e. The van der Waals surface area contributed by atoms with E-state index in [0.29, 0.717) is 19.0 Å². The molecule has 2 aromatic carbocycles. The number of allylic oxidation sites excluding steroid dienone is 2. The van der Waals surface area contributed by atoms with E-state index < -0.39 is 0 Å². The van der Waals surface area contributed by atoms with Gasteiger partial charge < -0.3 is 9.64 Å². The molecule has 1 aliphatic carbocycles. The fourth-order valence-electron chi connectivity index (χ4n) is 4.41. The summed E-state index contributed by atoms with van der Waals surface area (Å²) < 4.78 is 5.55. The molecule has 1 fully saturated rings. The summed E-state index contributed by atoms with van der Waals surface area (Å²) in [7, 11) is 0. The summed E-state index contributed by atoms with van der Waals surface area (Å²) in [6.07, 6.45) is 5.63. The van der Waals surface area contributed by atoms with E-state index in [4.69, 9.17) is 4.74 Å². The number of anilines is 1. The molecule has 5 rings (SSSR count). The van der Waals surface area contributed by atoms with Crippen molar-refractivity contribution in [3.05, 3.63) is 93.2 Å². The average Bonchev–Trinajstić information content (AvgIpc) is 3.26. The molecule has 0 bridgehead atoms. The molecular formula is C26H25N5O3. The number of nitro groups is 1. The number of pyridine rings is 1. The first-order valence-corrected chi connectivity index (χ1v) is 11.3. The Hall–Kier alpha value is -4.04. The number of hydrazone groups is 1. The van der Waals surface area contributed by atoms with Crippen LogP contribution < -0.4 is 5.43 Å². The van der Waals surface area contributed by atoms with Gasteiger partial charge in [0.1, 0.15) is 5.82 Å². The third kappa shape index (κ3) is 4.82. The van der Waals surface area contributed by atoms with Crippen molar-refractivity contribution in [1.29, 1.82) is 0 Å². The Bertz CT molecular complexity index is 1310. The fourth-order valence-corrected chi connectivity index (χ4v) is 4.41. The van der Waals surface area contributed by atoms with Gasteiger partial charge in [0.15, 0.2) is 0 Å². The smallest absolute Gasteiger partial charge is 0.270 e. The van der Waals surface area contributed by atoms with Crippen LogP contribution in [0.5, 0.6) is 0 Å². The minimum atomic E-state index is -0.361. The van der Waals surface area contributed by atoms with Crippen LogP contribution >= 0.6 is 0 Å². The van der Waals surface area contributed by atoms with Crippen LogP contribution in [0.4, 0.5) is 11.5 Å². The zero-order chi connectivity index (χ0) is 23.3. The van der Waals surface area contributed by atoms with Gasteiger partial charge in [0.2, 0.25) is 0 Å². The van der Waals surface area contributed by atoms with Crippen LogP contribution in [0.1, 0.15) is 18.4 Å². The van der Waals surface area contributed by atoms with Crippen molar-refractivity contribution >= 4 is 34.7 Å². The minimum absolute atomic E-state index is 0.0955. The van der Waals surface area contributed by atoms with Gasteiger partial charge in [0.25, 0.3) is 5.69 Å². The monoisotopic (exact) mass is 455 g/mol. The molecule has 0 unspecified atom stereocenters. The number of fused-ring (bicyclic) bond motifs is 1. The van der Waals surface area contributed by atoms with Crippen LogP contribution in [0.15, 0.2) is 82.6 Å². The molecule has 0 saturated carbocycles. The Morgan fingerprint density at radius 3 is 2.76 bits per heavy atom. The van der Waals surface area contributed by atoms with Gasteiger partial charge in [0, 0.05) is 36.3 Å². The highest BCUT2D eigenvalue weighted by atomic mass is 16.6. The number of non-ortho nitro benzene ring substituents is 1. The number of aromatic nitrogens is 1. The summed E-state index contributed by atoms with van der Waals surface area (Å²) in [5.41, 5.74) is 8.33. The van der Waals surface area contributed by atoms with E-state index >= 15 is 0 Å². The van der Waals surface area contributed by atoms with E-state index in [9.17, 15) is 10.1 Å². The van der Waals surface area contributed by atoms with Crippen molar-refractivity contribution in [2.75, 3.05) is 31.7 Å². The van der Waals surface area contributed by atoms with Crippen LogP contribution in [-0.2, 0) is 4.74 Å². The van der Waals surface area contributed by atoms with E-state index in [1.54, 1.807) is 12.1 Å². The van der Waals surface area contributed by atoms with Gasteiger partial charge in [-0.3, -0.25) is 15.5 Å². The summed E-state index contributed by atoms with van der Waals surface area (Å²) in [5.74, 6) is 0.689. The molecule has 0 radical (unpaired) electrons. The van der Waals surface area contributed by atoms with Crippen molar-refractivity contribution < 1.29 is 9.66 Å². The molecule has 172 valence electrons. The molecule has 0 spiro atoms. The number of nitro benzene ring substituents is 1. The average molecular weight is 456 g/mol. The Labute approximate surface area is 197 Å². The highest BCUT2D eigenvalue weighted by Crippen LogP contribution is 2.35. The van der Waals surface area contributed by atoms with Crippen LogP contribution in [-0.4, -0.2) is 47.3 Å². The molecule has 1 aromatic heterocycles. The molecule has 0 atom stereocenters. The summed E-state index contributed by atoms with van der Waals surface area (Å²) in [4.78, 5) is 17.8. The summed E-state index contributed by atoms with van der Waals surface area (Å²) >= 11 is 0. The molecule has 2 heterocycles. The second-order valence-electron chi connectivity index (χ2n) is 8.25. The first kappa shape index (κ1) is 21.8. The zero-order valence-corrected chi connectivity index (χ0v) is 18.7. The largest absolute Gasteiger partial charge is 0.378 e. The molecule has 34 heavy (non-hydrogen) atoms. The van der Waals surface area contributed by atoms with Crippen molar-refractivity contribution in [3.8, 4) is 0 Å². The number of rotatable bonds is 6. The highest BCUT2D eigenvalue weighted by Gasteiger charge is 2.25. The Morgan fingerprint density at radius 2 is 1.91 bits per heavy atom. The van der Waals surface area contributed by atoms with Crippen molar-refractivity contribution in [2.24, 2.45) is 5.10 Å². The topological polar surface area (TPSA) is 92.9 Å². The lowest BCUT2D eigenvalue weighted by Gasteiger charge is -2.31. The third-order valence-corrected chi connectivity index (χ3v) is 6.02. The fraction of sp³-hybridized carbons (Fsp3) is 0.231. The number of benzene rings is 2. The number of nitrogens with zero attached hydrogens (tertiary/aromatic N) is 4. The number of hydrogen-bond donors (Lipinski definition) is 1. The van der Waals surface area contributed by atoms with Gasteiger partial charge in [-0.05, 0) is 53.8 Å². The van der Waals surface area contributed by atoms with E-state index in [1.807, 2.05) is 48.7 Å². The molecule has 1 saturated heterocycles. The van der Waals surface area contributed by atoms with E-state index in [2.05, 4.69) is 26.5 Å². The number of nitrogens with one attached hydrogen (secondary N) is 1. The number of morpholine rings is 1. The first-order valence-electron chi connectivity index (χ1n) is 11.3. The quantitative estimate of drug-likeness (QED) is 0.319. The first-order chi connectivity index (χ1) is 16.7. The standard InChI is InChI=1S/C26H25N5O3/c32-31(33)23-6-3-4-19(17-23)16-21-8-9-22(26(21)30-12-14-34-15-13-30)18-27-29-25-11-10-20-5-1-2-7-24(20)28-25/h1-7,10-11,16-18H,8-9,12-15H2,(H,28,29)/b21-16+,27-18-.